The van der Waals surface area contributed by atoms with Gasteiger partial charge >= 0.3 is 5.97 Å². The highest BCUT2D eigenvalue weighted by molar-refractivity contribution is 14.1. The number of benzene rings is 2. The fourth-order valence-corrected chi connectivity index (χ4v) is 8.05. The minimum Gasteiger partial charge on any atom is -0.480 e. The van der Waals surface area contributed by atoms with E-state index in [1.165, 1.54) is 4.90 Å². The number of aromatic nitrogens is 1. The Morgan fingerprint density at radius 1 is 1.04 bits per heavy atom. The predicted molar refractivity (Wildman–Crippen MR) is 217 cm³/mol. The molecule has 308 valence electrons. The molecule has 0 saturated carbocycles. The van der Waals surface area contributed by atoms with Crippen molar-refractivity contribution in [1.29, 1.82) is 0 Å². The number of likely N-dealkylation sites (tertiary alicyclic amines) is 1. The largest absolute Gasteiger partial charge is 0.480 e. The Balaban J connectivity index is 1.40. The Morgan fingerprint density at radius 2 is 1.72 bits per heavy atom. The first-order valence-electron chi connectivity index (χ1n) is 17.9. The molecule has 0 aliphatic carbocycles. The number of carbonyl (C=O) groups is 6. The summed E-state index contributed by atoms with van der Waals surface area (Å²) >= 11 is 3.12. The Morgan fingerprint density at radius 3 is 2.37 bits per heavy atom. The molecule has 57 heavy (non-hydrogen) atoms. The summed E-state index contributed by atoms with van der Waals surface area (Å²) in [6.07, 6.45) is 1.46. The topological polar surface area (TPSA) is 230 Å². The van der Waals surface area contributed by atoms with Crippen molar-refractivity contribution in [3.05, 3.63) is 83.7 Å². The summed E-state index contributed by atoms with van der Waals surface area (Å²) in [6.45, 7) is 2.50. The fraction of sp³-hybridized carbons (Fsp3) is 0.421. The lowest BCUT2D eigenvalue weighted by atomic mass is 9.96. The van der Waals surface area contributed by atoms with Crippen LogP contribution in [0.2, 0.25) is 0 Å². The molecule has 0 radical (unpaired) electrons. The van der Waals surface area contributed by atoms with E-state index in [2.05, 4.69) is 33.2 Å². The number of alkyl halides is 1. The number of aliphatic hydroxyl groups is 1. The number of halogens is 3. The van der Waals surface area contributed by atoms with E-state index >= 15 is 4.39 Å². The number of carboxylic acids is 1. The lowest BCUT2D eigenvalue weighted by Gasteiger charge is -2.40. The molecule has 1 unspecified atom stereocenters. The van der Waals surface area contributed by atoms with E-state index in [0.29, 0.717) is 17.8 Å². The molecular weight excluding hydrogens is 879 g/mol. The molecule has 19 heteroatoms. The normalized spacial score (nSPS) is 15.9. The highest BCUT2D eigenvalue weighted by Crippen LogP contribution is 2.41. The maximum Gasteiger partial charge on any atom is 0.321 e. The number of hydrogen-bond acceptors (Lipinski definition) is 10. The lowest BCUT2D eigenvalue weighted by molar-refractivity contribution is -0.142. The maximum atomic E-state index is 15.0. The highest BCUT2D eigenvalue weighted by Gasteiger charge is 2.41. The van der Waals surface area contributed by atoms with E-state index in [0.717, 1.165) is 40.4 Å². The Labute approximate surface area is 346 Å². The average Bonchev–Trinajstić information content (AvgIpc) is 3.68. The van der Waals surface area contributed by atoms with E-state index in [9.17, 15) is 38.3 Å². The van der Waals surface area contributed by atoms with Crippen LogP contribution in [0.1, 0.15) is 44.0 Å². The van der Waals surface area contributed by atoms with Gasteiger partial charge in [-0.25, -0.2) is 8.78 Å². The molecule has 5 amide bonds. The van der Waals surface area contributed by atoms with Crippen LogP contribution >= 0.6 is 34.4 Å². The molecule has 15 nitrogen and oxygen atoms in total. The zero-order valence-electron chi connectivity index (χ0n) is 31.3. The van der Waals surface area contributed by atoms with Gasteiger partial charge in [-0.3, -0.25) is 33.7 Å². The molecule has 4 rings (SSSR count). The van der Waals surface area contributed by atoms with Crippen LogP contribution in [-0.2, 0) is 35.3 Å². The average molecular weight is 926 g/mol. The summed E-state index contributed by atoms with van der Waals surface area (Å²) in [5.41, 5.74) is 13.6. The second kappa shape index (κ2) is 20.3. The Kier molecular flexibility index (Phi) is 16.1. The summed E-state index contributed by atoms with van der Waals surface area (Å²) in [5.74, 6) is -5.68. The van der Waals surface area contributed by atoms with Gasteiger partial charge in [-0.1, -0.05) is 52.9 Å². The number of nitrogens with one attached hydrogen (secondary N) is 2. The van der Waals surface area contributed by atoms with E-state index in [-0.39, 0.29) is 43.8 Å². The third kappa shape index (κ3) is 12.3. The van der Waals surface area contributed by atoms with Crippen molar-refractivity contribution in [2.24, 2.45) is 11.5 Å². The van der Waals surface area contributed by atoms with Crippen molar-refractivity contribution in [2.45, 2.75) is 60.0 Å². The number of amides is 5. The van der Waals surface area contributed by atoms with Crippen molar-refractivity contribution in [3.8, 4) is 11.1 Å². The van der Waals surface area contributed by atoms with Gasteiger partial charge in [-0.2, -0.15) is 0 Å². The first-order chi connectivity index (χ1) is 26.9. The zero-order chi connectivity index (χ0) is 42.0. The predicted octanol–water partition coefficient (Wildman–Crippen LogP) is 1.78. The number of carboxylic acid groups (broad SMARTS) is 1. The number of hydrogen-bond donors (Lipinski definition) is 6. The van der Waals surface area contributed by atoms with Crippen LogP contribution < -0.4 is 22.1 Å². The molecule has 0 bridgehead atoms. The Hall–Kier alpha value is -4.44. The minimum absolute atomic E-state index is 0.0318. The van der Waals surface area contributed by atoms with Gasteiger partial charge in [0.1, 0.15) is 30.8 Å². The Bertz CT molecular complexity index is 1950. The standard InChI is InChI=1S/C38H46F2IN7O8S/c1-38(2,41)34(29-14-23(25-15-24(39)8-9-26(25)40)18-46(29)17-22-6-4-3-5-7-22)47(33(52)20-49)13-10-27(42)35(53)45-12-11-44-31(50)19-48-32(51)16-30(36(48)54)57-21-28(43)37(55)56/h3-9,14-15,18,27-28,30,34,49H,10-13,16-17,19-21,42-43H2,1-2H3,(H,44,50)(H,45,53)(H,55,56)/t27-,28-,30?,34-/m0/s1. The molecule has 1 aliphatic rings. The molecule has 1 fully saturated rings. The molecule has 1 aromatic heterocycles. The van der Waals surface area contributed by atoms with Gasteiger partial charge in [0.05, 0.1) is 17.3 Å². The number of nitrogens with two attached hydrogens (primary N) is 2. The van der Waals surface area contributed by atoms with E-state index < -0.39 is 87.1 Å². The molecule has 0 spiro atoms. The number of carbonyl (C=O) groups excluding carboxylic acids is 5. The van der Waals surface area contributed by atoms with E-state index in [4.69, 9.17) is 16.6 Å². The first-order valence-corrected chi connectivity index (χ1v) is 20.1. The second-order valence-corrected chi connectivity index (χ2v) is 17.9. The molecule has 2 aromatic carbocycles. The third-order valence-corrected chi connectivity index (χ3v) is 11.0. The van der Waals surface area contributed by atoms with Crippen LogP contribution in [0.5, 0.6) is 0 Å². The number of aliphatic hydroxyl groups excluding tert-OH is 1. The monoisotopic (exact) mass is 925 g/mol. The van der Waals surface area contributed by atoms with Crippen LogP contribution in [0.15, 0.2) is 60.8 Å². The summed E-state index contributed by atoms with van der Waals surface area (Å²) in [4.78, 5) is 77.1. The van der Waals surface area contributed by atoms with Crippen molar-refractivity contribution in [2.75, 3.05) is 38.5 Å². The van der Waals surface area contributed by atoms with Crippen LogP contribution in [0.25, 0.3) is 11.1 Å². The van der Waals surface area contributed by atoms with Crippen LogP contribution in [-0.4, -0.2) is 119 Å². The van der Waals surface area contributed by atoms with Crippen molar-refractivity contribution < 1.29 is 47.8 Å². The SMILES string of the molecule is CC(C)(I)[C@H](c1cc(-c2cc(F)ccc2F)cn1Cc1ccccc1)N(CC[C@H](N)C(=O)NCCNC(=O)CN1C(=O)CC(SC[C@H](N)C(=O)O)C1=O)C(=O)CO. The summed E-state index contributed by atoms with van der Waals surface area (Å²) in [7, 11) is 0. The molecule has 1 saturated heterocycles. The van der Waals surface area contributed by atoms with Crippen LogP contribution in [0, 0.1) is 11.6 Å². The summed E-state index contributed by atoms with van der Waals surface area (Å²) in [6, 6.07) is 11.2. The van der Waals surface area contributed by atoms with Crippen LogP contribution in [0.4, 0.5) is 8.78 Å². The van der Waals surface area contributed by atoms with Gasteiger partial charge in [0.2, 0.25) is 29.5 Å². The van der Waals surface area contributed by atoms with Crippen molar-refractivity contribution in [1.82, 2.24) is 25.0 Å². The van der Waals surface area contributed by atoms with E-state index in [1.54, 1.807) is 12.3 Å². The quantitative estimate of drug-likeness (QED) is 0.0414. The highest BCUT2D eigenvalue weighted by atomic mass is 127. The molecule has 3 aromatic rings. The van der Waals surface area contributed by atoms with Crippen molar-refractivity contribution >= 4 is 69.9 Å². The number of nitrogens with zero attached hydrogens (tertiary/aromatic N) is 3. The van der Waals surface area contributed by atoms with Gasteiger partial charge < -0.3 is 41.8 Å². The molecule has 1 aliphatic heterocycles. The maximum absolute atomic E-state index is 15.0. The molecule has 4 atom stereocenters. The number of imide groups is 1. The van der Waals surface area contributed by atoms with E-state index in [1.807, 2.05) is 48.7 Å². The fourth-order valence-electron chi connectivity index (χ4n) is 6.28. The summed E-state index contributed by atoms with van der Waals surface area (Å²) < 4.78 is 30.5. The number of thioether (sulfide) groups is 1. The van der Waals surface area contributed by atoms with Gasteiger partial charge in [0, 0.05) is 64.8 Å². The molecule has 2 heterocycles. The molecular formula is C38H46F2IN7O8S. The van der Waals surface area contributed by atoms with Gasteiger partial charge in [-0.15, -0.1) is 11.8 Å². The van der Waals surface area contributed by atoms with Gasteiger partial charge in [0.15, 0.2) is 0 Å². The molecule has 8 N–H and O–H groups in total. The van der Waals surface area contributed by atoms with Gasteiger partial charge in [-0.05, 0) is 50.1 Å². The smallest absolute Gasteiger partial charge is 0.321 e. The first kappa shape index (κ1) is 45.3. The van der Waals surface area contributed by atoms with Crippen molar-refractivity contribution in [3.63, 3.8) is 0 Å². The third-order valence-electron chi connectivity index (χ3n) is 9.13. The van der Waals surface area contributed by atoms with Crippen LogP contribution in [0.3, 0.4) is 0 Å². The van der Waals surface area contributed by atoms with Gasteiger partial charge in [0.25, 0.3) is 0 Å². The lowest BCUT2D eigenvalue weighted by Crippen LogP contribution is -2.49. The minimum atomic E-state index is -1.24. The summed E-state index contributed by atoms with van der Waals surface area (Å²) in [5, 5.41) is 23.3. The zero-order valence-corrected chi connectivity index (χ0v) is 34.3. The number of rotatable bonds is 20. The number of aliphatic carboxylic acids is 1. The second-order valence-electron chi connectivity index (χ2n) is 13.9.